The molecule has 2 unspecified atom stereocenters. The van der Waals surface area contributed by atoms with Gasteiger partial charge in [0.05, 0.1) is 0 Å². The van der Waals surface area contributed by atoms with Crippen LogP contribution in [0, 0.1) is 5.92 Å². The van der Waals surface area contributed by atoms with Gasteiger partial charge in [-0.2, -0.15) is 0 Å². The van der Waals surface area contributed by atoms with Crippen LogP contribution >= 0.6 is 11.6 Å². The van der Waals surface area contributed by atoms with Gasteiger partial charge in [-0.15, -0.1) is 0 Å². The first-order chi connectivity index (χ1) is 8.15. The zero-order valence-corrected chi connectivity index (χ0v) is 11.0. The van der Waals surface area contributed by atoms with Crippen LogP contribution in [0.15, 0.2) is 24.3 Å². The fourth-order valence-corrected chi connectivity index (χ4v) is 2.09. The Bertz CT molecular complexity index is 365. The maximum atomic E-state index is 6.12. The fraction of sp³-hybridized carbons (Fsp3) is 0.571. The first-order valence-corrected chi connectivity index (χ1v) is 6.71. The van der Waals surface area contributed by atoms with Gasteiger partial charge < -0.3 is 10.5 Å². The van der Waals surface area contributed by atoms with E-state index < -0.39 is 0 Å². The van der Waals surface area contributed by atoms with E-state index in [9.17, 15) is 0 Å². The van der Waals surface area contributed by atoms with E-state index >= 15 is 0 Å². The molecule has 2 N–H and O–H groups in total. The van der Waals surface area contributed by atoms with E-state index in [0.29, 0.717) is 5.02 Å². The van der Waals surface area contributed by atoms with Gasteiger partial charge in [-0.3, -0.25) is 0 Å². The maximum absolute atomic E-state index is 6.12. The minimum Gasteiger partial charge on any atom is -0.489 e. The molecule has 1 aromatic carbocycles. The van der Waals surface area contributed by atoms with E-state index in [1.54, 1.807) is 0 Å². The van der Waals surface area contributed by atoms with E-state index in [1.165, 1.54) is 19.3 Å². The predicted molar refractivity (Wildman–Crippen MR) is 71.5 cm³/mol. The molecular formula is C14H20ClNO. The van der Waals surface area contributed by atoms with Crippen molar-refractivity contribution in [1.29, 1.82) is 0 Å². The van der Waals surface area contributed by atoms with Gasteiger partial charge in [-0.1, -0.05) is 30.5 Å². The molecule has 0 heterocycles. The minimum atomic E-state index is 0.0345. The monoisotopic (exact) mass is 253 g/mol. The van der Waals surface area contributed by atoms with Gasteiger partial charge >= 0.3 is 0 Å². The summed E-state index contributed by atoms with van der Waals surface area (Å²) in [5.74, 6) is 1.73. The molecule has 0 spiro atoms. The van der Waals surface area contributed by atoms with Crippen molar-refractivity contribution in [3.63, 3.8) is 0 Å². The zero-order chi connectivity index (χ0) is 12.3. The van der Waals surface area contributed by atoms with Gasteiger partial charge in [-0.25, -0.2) is 0 Å². The third kappa shape index (κ3) is 4.21. The van der Waals surface area contributed by atoms with Crippen LogP contribution < -0.4 is 10.5 Å². The quantitative estimate of drug-likeness (QED) is 0.840. The number of hydrogen-bond donors (Lipinski definition) is 1. The summed E-state index contributed by atoms with van der Waals surface area (Å²) in [6.45, 7) is 2.03. The second kappa shape index (κ2) is 5.74. The Morgan fingerprint density at radius 1 is 1.47 bits per heavy atom. The molecular weight excluding hydrogens is 234 g/mol. The topological polar surface area (TPSA) is 35.2 Å². The van der Waals surface area contributed by atoms with Gasteiger partial charge in [-0.05, 0) is 43.9 Å². The smallest absolute Gasteiger partial charge is 0.121 e. The molecule has 1 aromatic rings. The van der Waals surface area contributed by atoms with Crippen molar-refractivity contribution in [3.8, 4) is 5.75 Å². The first kappa shape index (κ1) is 12.7. The van der Waals surface area contributed by atoms with Crippen LogP contribution in [0.5, 0.6) is 5.75 Å². The van der Waals surface area contributed by atoms with E-state index in [0.717, 1.165) is 18.1 Å². The van der Waals surface area contributed by atoms with Crippen molar-refractivity contribution in [2.45, 2.75) is 44.8 Å². The number of halogens is 1. The molecule has 94 valence electrons. The molecule has 0 amide bonds. The van der Waals surface area contributed by atoms with E-state index in [4.69, 9.17) is 22.1 Å². The number of ether oxygens (including phenoxy) is 1. The second-order valence-electron chi connectivity index (χ2n) is 4.96. The summed E-state index contributed by atoms with van der Waals surface area (Å²) < 4.78 is 5.80. The lowest BCUT2D eigenvalue weighted by Crippen LogP contribution is -2.36. The number of nitrogens with two attached hydrogens (primary N) is 1. The summed E-state index contributed by atoms with van der Waals surface area (Å²) in [4.78, 5) is 0. The van der Waals surface area contributed by atoms with Crippen LogP contribution in [0.25, 0.3) is 0 Å². The summed E-state index contributed by atoms with van der Waals surface area (Å²) in [6, 6.07) is 7.57. The Labute approximate surface area is 108 Å². The van der Waals surface area contributed by atoms with Crippen LogP contribution in [-0.2, 0) is 0 Å². The third-order valence-electron chi connectivity index (χ3n) is 3.33. The van der Waals surface area contributed by atoms with Gasteiger partial charge in [0.2, 0.25) is 0 Å². The molecule has 2 rings (SSSR count). The van der Waals surface area contributed by atoms with Crippen molar-refractivity contribution >= 4 is 11.6 Å². The van der Waals surface area contributed by atoms with Crippen LogP contribution in [0.2, 0.25) is 5.02 Å². The van der Waals surface area contributed by atoms with Gasteiger partial charge in [0.1, 0.15) is 11.9 Å². The molecule has 0 radical (unpaired) electrons. The fourth-order valence-electron chi connectivity index (χ4n) is 1.91. The highest BCUT2D eigenvalue weighted by atomic mass is 35.5. The minimum absolute atomic E-state index is 0.0345. The van der Waals surface area contributed by atoms with E-state index in [2.05, 4.69) is 0 Å². The van der Waals surface area contributed by atoms with Crippen LogP contribution in [0.4, 0.5) is 0 Å². The van der Waals surface area contributed by atoms with Crippen molar-refractivity contribution < 1.29 is 4.74 Å². The molecule has 1 fully saturated rings. The maximum Gasteiger partial charge on any atom is 0.121 e. The molecule has 3 heteroatoms. The Kier molecular flexibility index (Phi) is 4.30. The molecule has 2 atom stereocenters. The van der Waals surface area contributed by atoms with Crippen molar-refractivity contribution in [2.24, 2.45) is 11.7 Å². The summed E-state index contributed by atoms with van der Waals surface area (Å²) in [6.07, 6.45) is 5.09. The van der Waals surface area contributed by atoms with Gasteiger partial charge in [0, 0.05) is 11.1 Å². The average molecular weight is 254 g/mol. The molecule has 1 aliphatic carbocycles. The number of benzene rings is 1. The standard InChI is InChI=1S/C14H20ClNO/c1-10(14(16)8-7-11-5-6-11)17-13-4-2-3-12(15)9-13/h2-4,9-11,14H,5-8,16H2,1H3. The van der Waals surface area contributed by atoms with E-state index in [-0.39, 0.29) is 12.1 Å². The number of rotatable bonds is 6. The summed E-state index contributed by atoms with van der Waals surface area (Å²) in [5, 5.41) is 0.696. The van der Waals surface area contributed by atoms with Crippen molar-refractivity contribution in [1.82, 2.24) is 0 Å². The SMILES string of the molecule is CC(Oc1cccc(Cl)c1)C(N)CCC1CC1. The predicted octanol–water partition coefficient (Wildman–Crippen LogP) is 3.62. The summed E-state index contributed by atoms with van der Waals surface area (Å²) in [7, 11) is 0. The largest absolute Gasteiger partial charge is 0.489 e. The molecule has 0 aromatic heterocycles. The lowest BCUT2D eigenvalue weighted by atomic mass is 10.1. The highest BCUT2D eigenvalue weighted by Crippen LogP contribution is 2.34. The molecule has 17 heavy (non-hydrogen) atoms. The lowest BCUT2D eigenvalue weighted by Gasteiger charge is -2.21. The van der Waals surface area contributed by atoms with Crippen molar-refractivity contribution in [2.75, 3.05) is 0 Å². The molecule has 0 aliphatic heterocycles. The molecule has 0 bridgehead atoms. The molecule has 1 aliphatic rings. The Morgan fingerprint density at radius 2 is 2.24 bits per heavy atom. The third-order valence-corrected chi connectivity index (χ3v) is 3.56. The summed E-state index contributed by atoms with van der Waals surface area (Å²) >= 11 is 5.91. The number of hydrogen-bond acceptors (Lipinski definition) is 2. The highest BCUT2D eigenvalue weighted by molar-refractivity contribution is 6.30. The highest BCUT2D eigenvalue weighted by Gasteiger charge is 2.23. The lowest BCUT2D eigenvalue weighted by molar-refractivity contribution is 0.182. The Morgan fingerprint density at radius 3 is 2.88 bits per heavy atom. The van der Waals surface area contributed by atoms with Crippen LogP contribution in [0.3, 0.4) is 0 Å². The van der Waals surface area contributed by atoms with Gasteiger partial charge in [0.15, 0.2) is 0 Å². The first-order valence-electron chi connectivity index (χ1n) is 6.33. The van der Waals surface area contributed by atoms with Crippen molar-refractivity contribution in [3.05, 3.63) is 29.3 Å². The van der Waals surface area contributed by atoms with Gasteiger partial charge in [0.25, 0.3) is 0 Å². The molecule has 1 saturated carbocycles. The zero-order valence-electron chi connectivity index (χ0n) is 10.2. The molecule has 0 saturated heterocycles. The molecule has 2 nitrogen and oxygen atoms in total. The second-order valence-corrected chi connectivity index (χ2v) is 5.40. The summed E-state index contributed by atoms with van der Waals surface area (Å²) in [5.41, 5.74) is 6.12. The average Bonchev–Trinajstić information content (AvgIpc) is 3.09. The Balaban J connectivity index is 1.80. The van der Waals surface area contributed by atoms with E-state index in [1.807, 2.05) is 31.2 Å². The van der Waals surface area contributed by atoms with Crippen LogP contribution in [0.1, 0.15) is 32.6 Å². The normalized spacial score (nSPS) is 18.8. The Hall–Kier alpha value is -0.730. The van der Waals surface area contributed by atoms with Crippen LogP contribution in [-0.4, -0.2) is 12.1 Å².